The summed E-state index contributed by atoms with van der Waals surface area (Å²) < 4.78 is 4.72. The molecule has 4 heteroatoms. The lowest BCUT2D eigenvalue weighted by molar-refractivity contribution is -0.138. The maximum Gasteiger partial charge on any atom is 0.312 e. The van der Waals surface area contributed by atoms with Crippen LogP contribution in [0.1, 0.15) is 24.3 Å². The van der Waals surface area contributed by atoms with Crippen molar-refractivity contribution in [3.8, 4) is 0 Å². The summed E-state index contributed by atoms with van der Waals surface area (Å²) >= 11 is 0. The molecule has 4 nitrogen and oxygen atoms in total. The summed E-state index contributed by atoms with van der Waals surface area (Å²) in [6, 6.07) is 1.62. The van der Waals surface area contributed by atoms with Gasteiger partial charge in [0.1, 0.15) is 5.76 Å². The number of nitrogens with zero attached hydrogens (tertiary/aromatic N) is 1. The summed E-state index contributed by atoms with van der Waals surface area (Å²) in [5, 5.41) is 12.1. The first kappa shape index (κ1) is 7.78. The molecule has 0 radical (unpaired) electrons. The van der Waals surface area contributed by atoms with Crippen LogP contribution in [0.15, 0.2) is 10.6 Å². The molecule has 0 bridgehead atoms. The molecule has 1 N–H and O–H groups in total. The molecule has 0 aliphatic rings. The number of carboxylic acids is 1. The van der Waals surface area contributed by atoms with Crippen molar-refractivity contribution in [3.63, 3.8) is 0 Å². The van der Waals surface area contributed by atoms with E-state index in [-0.39, 0.29) is 0 Å². The van der Waals surface area contributed by atoms with Crippen LogP contribution in [0.5, 0.6) is 0 Å². The molecule has 1 aromatic heterocycles. The minimum Gasteiger partial charge on any atom is -0.481 e. The predicted molar refractivity (Wildman–Crippen MR) is 37.3 cm³/mol. The van der Waals surface area contributed by atoms with Crippen molar-refractivity contribution in [3.05, 3.63) is 17.5 Å². The second kappa shape index (κ2) is 2.74. The van der Waals surface area contributed by atoms with Crippen molar-refractivity contribution >= 4 is 5.97 Å². The highest BCUT2D eigenvalue weighted by atomic mass is 16.5. The summed E-state index contributed by atoms with van der Waals surface area (Å²) in [5.74, 6) is -0.848. The zero-order chi connectivity index (χ0) is 8.43. The number of aryl methyl sites for hydroxylation is 1. The fraction of sp³-hybridized carbons (Fsp3) is 0.429. The zero-order valence-corrected chi connectivity index (χ0v) is 6.37. The fourth-order valence-corrected chi connectivity index (χ4v) is 0.716. The molecule has 0 fully saturated rings. The largest absolute Gasteiger partial charge is 0.481 e. The zero-order valence-electron chi connectivity index (χ0n) is 6.37. The third-order valence-corrected chi connectivity index (χ3v) is 1.46. The van der Waals surface area contributed by atoms with E-state index in [1.165, 1.54) is 0 Å². The average Bonchev–Trinajstić information content (AvgIpc) is 2.34. The number of carbonyl (C=O) groups is 1. The van der Waals surface area contributed by atoms with Crippen molar-refractivity contribution in [1.82, 2.24) is 5.16 Å². The first-order valence-electron chi connectivity index (χ1n) is 3.27. The third-order valence-electron chi connectivity index (χ3n) is 1.46. The van der Waals surface area contributed by atoms with Crippen molar-refractivity contribution in [2.45, 2.75) is 19.8 Å². The maximum absolute atomic E-state index is 10.4. The van der Waals surface area contributed by atoms with Gasteiger partial charge in [0, 0.05) is 6.07 Å². The van der Waals surface area contributed by atoms with Crippen LogP contribution in [0.4, 0.5) is 0 Å². The minimum absolute atomic E-state index is 0.468. The SMILES string of the molecule is Cc1cc(C(C)C(=O)O)no1. The number of rotatable bonds is 2. The Balaban J connectivity index is 2.84. The standard InChI is InChI=1S/C7H9NO3/c1-4-3-6(8-11-4)5(2)7(9)10/h3,5H,1-2H3,(H,9,10). The van der Waals surface area contributed by atoms with Crippen molar-refractivity contribution < 1.29 is 14.4 Å². The molecule has 0 saturated heterocycles. The van der Waals surface area contributed by atoms with Gasteiger partial charge in [0.05, 0.1) is 11.6 Å². The van der Waals surface area contributed by atoms with Gasteiger partial charge in [-0.1, -0.05) is 5.16 Å². The highest BCUT2D eigenvalue weighted by molar-refractivity contribution is 5.74. The van der Waals surface area contributed by atoms with E-state index in [9.17, 15) is 4.79 Å². The van der Waals surface area contributed by atoms with Crippen molar-refractivity contribution in [1.29, 1.82) is 0 Å². The Hall–Kier alpha value is -1.32. The van der Waals surface area contributed by atoms with Gasteiger partial charge in [-0.3, -0.25) is 4.79 Å². The van der Waals surface area contributed by atoms with Gasteiger partial charge >= 0.3 is 5.97 Å². The molecule has 11 heavy (non-hydrogen) atoms. The molecule has 0 saturated carbocycles. The monoisotopic (exact) mass is 155 g/mol. The lowest BCUT2D eigenvalue weighted by Crippen LogP contribution is -2.07. The molecule has 0 amide bonds. The van der Waals surface area contributed by atoms with Crippen molar-refractivity contribution in [2.24, 2.45) is 0 Å². The molecule has 1 rings (SSSR count). The highest BCUT2D eigenvalue weighted by Gasteiger charge is 2.16. The van der Waals surface area contributed by atoms with E-state index in [0.29, 0.717) is 11.5 Å². The second-order valence-electron chi connectivity index (χ2n) is 2.42. The topological polar surface area (TPSA) is 63.3 Å². The van der Waals surface area contributed by atoms with Crippen molar-refractivity contribution in [2.75, 3.05) is 0 Å². The van der Waals surface area contributed by atoms with E-state index >= 15 is 0 Å². The van der Waals surface area contributed by atoms with E-state index in [1.54, 1.807) is 19.9 Å². The van der Waals surface area contributed by atoms with E-state index in [2.05, 4.69) is 5.16 Å². The van der Waals surface area contributed by atoms with Gasteiger partial charge in [-0.2, -0.15) is 0 Å². The van der Waals surface area contributed by atoms with Crippen LogP contribution in [0.25, 0.3) is 0 Å². The van der Waals surface area contributed by atoms with Crippen LogP contribution in [0.3, 0.4) is 0 Å². The second-order valence-corrected chi connectivity index (χ2v) is 2.42. The van der Waals surface area contributed by atoms with Crippen LogP contribution in [0, 0.1) is 6.92 Å². The molecule has 1 unspecified atom stereocenters. The number of carboxylic acid groups (broad SMARTS) is 1. The Bertz CT molecular complexity index is 266. The first-order chi connectivity index (χ1) is 5.11. The molecule has 1 heterocycles. The van der Waals surface area contributed by atoms with E-state index in [4.69, 9.17) is 9.63 Å². The van der Waals surface area contributed by atoms with Gasteiger partial charge in [0.25, 0.3) is 0 Å². The molecular weight excluding hydrogens is 146 g/mol. The summed E-state index contributed by atoms with van der Waals surface area (Å²) in [5.41, 5.74) is 0.468. The minimum atomic E-state index is -0.890. The molecule has 0 aliphatic carbocycles. The molecule has 1 aromatic rings. The smallest absolute Gasteiger partial charge is 0.312 e. The Morgan fingerprint density at radius 3 is 2.82 bits per heavy atom. The summed E-state index contributed by atoms with van der Waals surface area (Å²) in [6.07, 6.45) is 0. The van der Waals surface area contributed by atoms with E-state index in [0.717, 1.165) is 0 Å². The number of aromatic nitrogens is 1. The summed E-state index contributed by atoms with van der Waals surface area (Å²) in [4.78, 5) is 10.4. The van der Waals surface area contributed by atoms with Crippen LogP contribution in [-0.4, -0.2) is 16.2 Å². The lowest BCUT2D eigenvalue weighted by atomic mass is 10.1. The third kappa shape index (κ3) is 1.58. The molecular formula is C7H9NO3. The van der Waals surface area contributed by atoms with Gasteiger partial charge in [-0.05, 0) is 13.8 Å². The van der Waals surface area contributed by atoms with Gasteiger partial charge in [-0.25, -0.2) is 0 Å². The summed E-state index contributed by atoms with van der Waals surface area (Å²) in [7, 11) is 0. The van der Waals surface area contributed by atoms with Crippen LogP contribution >= 0.6 is 0 Å². The molecule has 0 aromatic carbocycles. The van der Waals surface area contributed by atoms with E-state index in [1.807, 2.05) is 0 Å². The van der Waals surface area contributed by atoms with Crippen LogP contribution < -0.4 is 0 Å². The molecule has 0 spiro atoms. The Labute approximate surface area is 63.8 Å². The van der Waals surface area contributed by atoms with E-state index < -0.39 is 11.9 Å². The molecule has 1 atom stereocenters. The Morgan fingerprint density at radius 2 is 2.45 bits per heavy atom. The van der Waals surface area contributed by atoms with Gasteiger partial charge in [-0.15, -0.1) is 0 Å². The number of aliphatic carboxylic acids is 1. The van der Waals surface area contributed by atoms with Crippen LogP contribution in [0.2, 0.25) is 0 Å². The first-order valence-corrected chi connectivity index (χ1v) is 3.27. The Kier molecular flexibility index (Phi) is 1.94. The van der Waals surface area contributed by atoms with Gasteiger partial charge in [0.2, 0.25) is 0 Å². The quantitative estimate of drug-likeness (QED) is 0.696. The fourth-order valence-electron chi connectivity index (χ4n) is 0.716. The average molecular weight is 155 g/mol. The highest BCUT2D eigenvalue weighted by Crippen LogP contribution is 2.14. The van der Waals surface area contributed by atoms with Gasteiger partial charge in [0.15, 0.2) is 0 Å². The number of hydrogen-bond acceptors (Lipinski definition) is 3. The molecule has 60 valence electrons. The normalized spacial score (nSPS) is 12.9. The predicted octanol–water partition coefficient (Wildman–Crippen LogP) is 1.17. The Morgan fingerprint density at radius 1 is 1.82 bits per heavy atom. The van der Waals surface area contributed by atoms with Gasteiger partial charge < -0.3 is 9.63 Å². The van der Waals surface area contributed by atoms with Crippen LogP contribution in [-0.2, 0) is 4.79 Å². The maximum atomic E-state index is 10.4. The lowest BCUT2D eigenvalue weighted by Gasteiger charge is -1.97. The summed E-state index contributed by atoms with van der Waals surface area (Å²) in [6.45, 7) is 3.30. The number of hydrogen-bond donors (Lipinski definition) is 1. The molecule has 0 aliphatic heterocycles.